The van der Waals surface area contributed by atoms with Gasteiger partial charge in [-0.25, -0.2) is 4.79 Å². The minimum absolute atomic E-state index is 0.0892. The molecular weight excluding hydrogens is 426 g/mol. The summed E-state index contributed by atoms with van der Waals surface area (Å²) in [6.07, 6.45) is 5.46. The van der Waals surface area contributed by atoms with Crippen LogP contribution in [0.1, 0.15) is 29.8 Å². The summed E-state index contributed by atoms with van der Waals surface area (Å²) in [6, 6.07) is 21.4. The third kappa shape index (κ3) is 4.43. The van der Waals surface area contributed by atoms with Crippen LogP contribution in [0.15, 0.2) is 79.1 Å². The number of pyridine rings is 2. The number of piperidine rings is 1. The Morgan fingerprint density at radius 2 is 1.38 bits per heavy atom. The third-order valence-corrected chi connectivity index (χ3v) is 6.93. The predicted octanol–water partition coefficient (Wildman–Crippen LogP) is 3.52. The highest BCUT2D eigenvalue weighted by Gasteiger charge is 2.57. The number of hydrogen-bond donors (Lipinski definition) is 0. The van der Waals surface area contributed by atoms with E-state index in [4.69, 9.17) is 0 Å². The maximum Gasteiger partial charge on any atom is 0.328 e. The van der Waals surface area contributed by atoms with Crippen molar-refractivity contribution in [3.8, 4) is 0 Å². The molecule has 4 heterocycles. The molecule has 2 aromatic heterocycles. The van der Waals surface area contributed by atoms with Gasteiger partial charge in [-0.15, -0.1) is 0 Å². The van der Waals surface area contributed by atoms with E-state index in [2.05, 4.69) is 27.0 Å². The van der Waals surface area contributed by atoms with E-state index in [-0.39, 0.29) is 18.5 Å². The molecule has 0 bridgehead atoms. The highest BCUT2D eigenvalue weighted by atomic mass is 16.2. The van der Waals surface area contributed by atoms with Crippen LogP contribution in [0, 0.1) is 0 Å². The molecule has 1 spiro atoms. The lowest BCUT2D eigenvalue weighted by Crippen LogP contribution is -2.56. The summed E-state index contributed by atoms with van der Waals surface area (Å²) in [5.74, 6) is -0.0892. The Morgan fingerprint density at radius 3 is 2.00 bits per heavy atom. The van der Waals surface area contributed by atoms with E-state index < -0.39 is 5.54 Å². The molecule has 7 heteroatoms. The van der Waals surface area contributed by atoms with Crippen LogP contribution in [0.3, 0.4) is 0 Å². The minimum atomic E-state index is -0.790. The van der Waals surface area contributed by atoms with Gasteiger partial charge in [-0.1, -0.05) is 42.5 Å². The van der Waals surface area contributed by atoms with Gasteiger partial charge in [0.15, 0.2) is 0 Å². The van der Waals surface area contributed by atoms with Crippen molar-refractivity contribution in [3.05, 3.63) is 96.1 Å². The second kappa shape index (κ2) is 9.73. The maximum absolute atomic E-state index is 13.8. The zero-order valence-electron chi connectivity index (χ0n) is 19.2. The number of benzene rings is 1. The third-order valence-electron chi connectivity index (χ3n) is 6.93. The number of rotatable bonds is 7. The SMILES string of the molecule is O=C1N(Cc2ccccn2)C(=O)C2(CCN(Cc3ccccn3)CC2)N1CCc1ccccc1. The lowest BCUT2D eigenvalue weighted by Gasteiger charge is -2.42. The van der Waals surface area contributed by atoms with Crippen LogP contribution in [0.25, 0.3) is 0 Å². The van der Waals surface area contributed by atoms with E-state index in [0.29, 0.717) is 19.4 Å². The van der Waals surface area contributed by atoms with Crippen molar-refractivity contribution in [1.29, 1.82) is 0 Å². The van der Waals surface area contributed by atoms with E-state index in [0.717, 1.165) is 43.0 Å². The summed E-state index contributed by atoms with van der Waals surface area (Å²) < 4.78 is 0. The largest absolute Gasteiger partial charge is 0.328 e. The summed E-state index contributed by atoms with van der Waals surface area (Å²) in [7, 11) is 0. The Kier molecular flexibility index (Phi) is 6.36. The molecule has 5 rings (SSSR count). The van der Waals surface area contributed by atoms with Crippen LogP contribution in [0.5, 0.6) is 0 Å². The summed E-state index contributed by atoms with van der Waals surface area (Å²) >= 11 is 0. The van der Waals surface area contributed by atoms with E-state index in [9.17, 15) is 9.59 Å². The topological polar surface area (TPSA) is 69.6 Å². The Hall–Kier alpha value is -3.58. The lowest BCUT2D eigenvalue weighted by molar-refractivity contribution is -0.136. The molecule has 0 unspecified atom stereocenters. The average molecular weight is 456 g/mol. The van der Waals surface area contributed by atoms with Crippen molar-refractivity contribution in [2.24, 2.45) is 0 Å². The van der Waals surface area contributed by atoms with Crippen molar-refractivity contribution in [2.75, 3.05) is 19.6 Å². The number of nitrogens with zero attached hydrogens (tertiary/aromatic N) is 5. The summed E-state index contributed by atoms with van der Waals surface area (Å²) in [5, 5.41) is 0. The van der Waals surface area contributed by atoms with Crippen LogP contribution in [0.2, 0.25) is 0 Å². The molecule has 7 nitrogen and oxygen atoms in total. The first-order chi connectivity index (χ1) is 16.7. The molecule has 2 aliphatic heterocycles. The average Bonchev–Trinajstić information content (AvgIpc) is 3.07. The second-order valence-corrected chi connectivity index (χ2v) is 9.01. The van der Waals surface area contributed by atoms with Gasteiger partial charge in [0.1, 0.15) is 5.54 Å². The Labute approximate surface area is 200 Å². The first-order valence-corrected chi connectivity index (χ1v) is 11.9. The van der Waals surface area contributed by atoms with Crippen LogP contribution in [0.4, 0.5) is 4.79 Å². The zero-order valence-corrected chi connectivity index (χ0v) is 19.2. The van der Waals surface area contributed by atoms with Gasteiger partial charge in [-0.05, 0) is 49.1 Å². The number of aromatic nitrogens is 2. The fraction of sp³-hybridized carbons (Fsp3) is 0.333. The highest BCUT2D eigenvalue weighted by molar-refractivity contribution is 6.07. The molecule has 2 saturated heterocycles. The van der Waals surface area contributed by atoms with Crippen LogP contribution in [-0.2, 0) is 24.3 Å². The summed E-state index contributed by atoms with van der Waals surface area (Å²) in [5.41, 5.74) is 2.11. The van der Waals surface area contributed by atoms with Crippen molar-refractivity contribution >= 4 is 11.9 Å². The summed E-state index contributed by atoms with van der Waals surface area (Å²) in [4.78, 5) is 41.7. The van der Waals surface area contributed by atoms with Crippen LogP contribution < -0.4 is 0 Å². The van der Waals surface area contributed by atoms with Crippen molar-refractivity contribution in [2.45, 2.75) is 37.9 Å². The highest BCUT2D eigenvalue weighted by Crippen LogP contribution is 2.38. The molecular formula is C27H29N5O2. The molecule has 3 amide bonds. The molecule has 2 fully saturated rings. The van der Waals surface area contributed by atoms with Crippen LogP contribution >= 0.6 is 0 Å². The zero-order chi connectivity index (χ0) is 23.4. The molecule has 174 valence electrons. The Balaban J connectivity index is 1.35. The number of hydrogen-bond acceptors (Lipinski definition) is 5. The normalized spacial score (nSPS) is 18.1. The van der Waals surface area contributed by atoms with Gasteiger partial charge in [-0.2, -0.15) is 0 Å². The molecule has 0 atom stereocenters. The van der Waals surface area contributed by atoms with E-state index in [1.54, 1.807) is 12.4 Å². The van der Waals surface area contributed by atoms with Crippen molar-refractivity contribution in [1.82, 2.24) is 24.7 Å². The molecule has 2 aliphatic rings. The Morgan fingerprint density at radius 1 is 0.765 bits per heavy atom. The first-order valence-electron chi connectivity index (χ1n) is 11.9. The van der Waals surface area contributed by atoms with Crippen molar-refractivity contribution < 1.29 is 9.59 Å². The monoisotopic (exact) mass is 455 g/mol. The Bertz CT molecular complexity index is 1120. The fourth-order valence-corrected chi connectivity index (χ4v) is 5.06. The number of carbonyl (C=O) groups excluding carboxylic acids is 2. The molecule has 1 aromatic carbocycles. The standard InChI is InChI=1S/C27H29N5O2/c33-25-27(13-18-30(19-14-27)20-23-10-4-6-15-28-23)32(17-12-22-8-2-1-3-9-22)26(34)31(25)21-24-11-5-7-16-29-24/h1-11,15-16H,12-14,17-21H2. The predicted molar refractivity (Wildman–Crippen MR) is 129 cm³/mol. The number of likely N-dealkylation sites (tertiary alicyclic amines) is 1. The van der Waals surface area contributed by atoms with Gasteiger partial charge >= 0.3 is 6.03 Å². The molecule has 0 saturated carbocycles. The number of imide groups is 1. The summed E-state index contributed by atoms with van der Waals surface area (Å²) in [6.45, 7) is 2.97. The van der Waals surface area contributed by atoms with Gasteiger partial charge in [0.05, 0.1) is 17.9 Å². The second-order valence-electron chi connectivity index (χ2n) is 9.01. The fourth-order valence-electron chi connectivity index (χ4n) is 5.06. The van der Waals surface area contributed by atoms with E-state index in [1.807, 2.05) is 59.5 Å². The van der Waals surface area contributed by atoms with Gasteiger partial charge in [-0.3, -0.25) is 24.6 Å². The molecule has 0 radical (unpaired) electrons. The number of urea groups is 1. The van der Waals surface area contributed by atoms with E-state index >= 15 is 0 Å². The molecule has 0 aliphatic carbocycles. The van der Waals surface area contributed by atoms with E-state index in [1.165, 1.54) is 4.90 Å². The molecule has 34 heavy (non-hydrogen) atoms. The molecule has 0 N–H and O–H groups in total. The molecule has 3 aromatic rings. The maximum atomic E-state index is 13.8. The number of carbonyl (C=O) groups is 2. The van der Waals surface area contributed by atoms with Gasteiger partial charge < -0.3 is 4.90 Å². The lowest BCUT2D eigenvalue weighted by atomic mass is 9.85. The van der Waals surface area contributed by atoms with Crippen LogP contribution in [-0.4, -0.2) is 61.8 Å². The van der Waals surface area contributed by atoms with Gasteiger partial charge in [0, 0.05) is 38.6 Å². The minimum Gasteiger partial charge on any atom is -0.309 e. The number of amides is 3. The van der Waals surface area contributed by atoms with Crippen molar-refractivity contribution in [3.63, 3.8) is 0 Å². The smallest absolute Gasteiger partial charge is 0.309 e. The van der Waals surface area contributed by atoms with Gasteiger partial charge in [0.2, 0.25) is 0 Å². The quantitative estimate of drug-likeness (QED) is 0.510. The van der Waals surface area contributed by atoms with Gasteiger partial charge in [0.25, 0.3) is 5.91 Å². The first kappa shape index (κ1) is 22.2.